The lowest BCUT2D eigenvalue weighted by molar-refractivity contribution is -0.0892. The fourth-order valence-electron chi connectivity index (χ4n) is 2.61. The Morgan fingerprint density at radius 1 is 1.24 bits per heavy atom. The second-order valence-electron chi connectivity index (χ2n) is 6.11. The van der Waals surface area contributed by atoms with Crippen LogP contribution in [0.5, 0.6) is 5.75 Å². The van der Waals surface area contributed by atoms with Crippen molar-refractivity contribution in [2.75, 3.05) is 4.90 Å². The first-order chi connectivity index (χ1) is 13.8. The number of nitriles is 1. The van der Waals surface area contributed by atoms with Crippen LogP contribution in [0.3, 0.4) is 0 Å². The van der Waals surface area contributed by atoms with Gasteiger partial charge in [-0.2, -0.15) is 14.0 Å². The lowest BCUT2D eigenvalue weighted by Crippen LogP contribution is -2.17. The molecule has 0 N–H and O–H groups in total. The van der Waals surface area contributed by atoms with Crippen molar-refractivity contribution in [1.29, 1.82) is 5.26 Å². The second kappa shape index (κ2) is 8.64. The monoisotopic (exact) mass is 431 g/mol. The zero-order valence-electron chi connectivity index (χ0n) is 15.3. The fourth-order valence-corrected chi connectivity index (χ4v) is 3.64. The molecule has 3 rings (SSSR count). The Balaban J connectivity index is 1.92. The van der Waals surface area contributed by atoms with Crippen LogP contribution in [0, 0.1) is 18.3 Å². The number of ether oxygens (including phenoxy) is 1. The van der Waals surface area contributed by atoms with Crippen molar-refractivity contribution in [3.8, 4) is 11.8 Å². The molecule has 148 valence electrons. The van der Waals surface area contributed by atoms with E-state index in [0.717, 1.165) is 16.1 Å². The molecule has 0 saturated heterocycles. The van der Waals surface area contributed by atoms with Gasteiger partial charge in [-0.05, 0) is 58.1 Å². The summed E-state index contributed by atoms with van der Waals surface area (Å²) in [5.41, 5.74) is 2.51. The van der Waals surface area contributed by atoms with Gasteiger partial charge in [-0.25, -0.2) is 4.98 Å². The number of rotatable bonds is 7. The number of halogens is 2. The third-order valence-corrected chi connectivity index (χ3v) is 5.12. The summed E-state index contributed by atoms with van der Waals surface area (Å²) < 4.78 is 30.5. The van der Waals surface area contributed by atoms with Crippen molar-refractivity contribution in [1.82, 2.24) is 4.98 Å². The van der Waals surface area contributed by atoms with Gasteiger partial charge < -0.3 is 9.64 Å². The number of aryl methyl sites for hydroxylation is 1. The van der Waals surface area contributed by atoms with Crippen molar-refractivity contribution in [2.24, 2.45) is 0 Å². The van der Waals surface area contributed by atoms with Gasteiger partial charge >= 0.3 is 5.85 Å². The van der Waals surface area contributed by atoms with Gasteiger partial charge in [0.05, 0.1) is 18.2 Å². The minimum atomic E-state index is -3.33. The zero-order valence-corrected chi connectivity index (χ0v) is 17.3. The Morgan fingerprint density at radius 2 is 1.90 bits per heavy atom. The molecule has 1 heterocycles. The standard InChI is InChI=1S/C20H16F2N3O2PS/c1-13-18(12-26)24-19(29-13)25(16-6-2-14(10-23)3-7-16)11-15-4-8-17(9-5-15)27-20(21,22)28/h2-9,12H,11,28H2,1H3. The zero-order chi connectivity index (χ0) is 21.0. The molecule has 0 amide bonds. The highest BCUT2D eigenvalue weighted by Crippen LogP contribution is 2.33. The van der Waals surface area contributed by atoms with Crippen molar-refractivity contribution >= 4 is 37.7 Å². The lowest BCUT2D eigenvalue weighted by atomic mass is 10.1. The van der Waals surface area contributed by atoms with Crippen LogP contribution < -0.4 is 9.64 Å². The van der Waals surface area contributed by atoms with E-state index in [1.165, 1.54) is 32.7 Å². The summed E-state index contributed by atoms with van der Waals surface area (Å²) in [4.78, 5) is 18.3. The highest BCUT2D eigenvalue weighted by molar-refractivity contribution is 7.17. The number of alkyl halides is 2. The van der Waals surface area contributed by atoms with E-state index in [9.17, 15) is 13.6 Å². The molecule has 29 heavy (non-hydrogen) atoms. The molecular formula is C20H16F2N3O2PS. The van der Waals surface area contributed by atoms with Gasteiger partial charge in [-0.1, -0.05) is 12.1 Å². The van der Waals surface area contributed by atoms with Gasteiger partial charge in [0.2, 0.25) is 0 Å². The third-order valence-electron chi connectivity index (χ3n) is 3.99. The van der Waals surface area contributed by atoms with Gasteiger partial charge in [-0.3, -0.25) is 4.79 Å². The number of carbonyl (C=O) groups is 1. The summed E-state index contributed by atoms with van der Waals surface area (Å²) in [6.07, 6.45) is 0.710. The molecule has 0 saturated carbocycles. The number of hydrogen-bond acceptors (Lipinski definition) is 6. The van der Waals surface area contributed by atoms with E-state index in [1.54, 1.807) is 36.4 Å². The number of aldehydes is 1. The average Bonchev–Trinajstić information content (AvgIpc) is 3.07. The van der Waals surface area contributed by atoms with E-state index in [-0.39, 0.29) is 5.75 Å². The normalized spacial score (nSPS) is 11.0. The van der Waals surface area contributed by atoms with E-state index in [2.05, 4.69) is 15.8 Å². The van der Waals surface area contributed by atoms with E-state index in [0.29, 0.717) is 29.2 Å². The Morgan fingerprint density at radius 3 is 2.41 bits per heavy atom. The summed E-state index contributed by atoms with van der Waals surface area (Å²) in [6, 6.07) is 15.4. The number of anilines is 2. The van der Waals surface area contributed by atoms with Crippen LogP contribution >= 0.6 is 20.6 Å². The predicted octanol–water partition coefficient (Wildman–Crippen LogP) is 5.28. The van der Waals surface area contributed by atoms with Crippen LogP contribution in [0.2, 0.25) is 0 Å². The molecular weight excluding hydrogens is 415 g/mol. The number of thiazole rings is 1. The van der Waals surface area contributed by atoms with Crippen LogP contribution in [-0.2, 0) is 6.54 Å². The molecule has 1 unspecified atom stereocenters. The predicted molar refractivity (Wildman–Crippen MR) is 111 cm³/mol. The van der Waals surface area contributed by atoms with E-state index in [1.807, 2.05) is 11.8 Å². The van der Waals surface area contributed by atoms with E-state index >= 15 is 0 Å². The van der Waals surface area contributed by atoms with Gasteiger partial charge in [0.25, 0.3) is 0 Å². The molecule has 3 aromatic rings. The lowest BCUT2D eigenvalue weighted by Gasteiger charge is -2.22. The number of hydrogen-bond donors (Lipinski definition) is 0. The Hall–Kier alpha value is -2.88. The number of carbonyl (C=O) groups excluding carboxylic acids is 1. The minimum absolute atomic E-state index is 0.0482. The van der Waals surface area contributed by atoms with Gasteiger partial charge in [0.1, 0.15) is 11.4 Å². The number of nitrogens with zero attached hydrogens (tertiary/aromatic N) is 3. The quantitative estimate of drug-likeness (QED) is 0.376. The highest BCUT2D eigenvalue weighted by Gasteiger charge is 2.23. The number of benzene rings is 2. The van der Waals surface area contributed by atoms with E-state index < -0.39 is 5.85 Å². The molecule has 0 bridgehead atoms. The van der Waals surface area contributed by atoms with Crippen LogP contribution in [0.1, 0.15) is 26.5 Å². The van der Waals surface area contributed by atoms with Gasteiger partial charge in [0.15, 0.2) is 11.4 Å². The smallest absolute Gasteiger partial charge is 0.408 e. The fraction of sp³-hybridized carbons (Fsp3) is 0.150. The Labute approximate surface area is 172 Å². The molecule has 0 aliphatic carbocycles. The second-order valence-corrected chi connectivity index (χ2v) is 7.96. The molecule has 0 aliphatic rings. The molecule has 0 radical (unpaired) electrons. The third kappa shape index (κ3) is 5.35. The first-order valence-corrected chi connectivity index (χ1v) is 9.83. The first kappa shape index (κ1) is 20.8. The van der Waals surface area contributed by atoms with Crippen molar-refractivity contribution in [3.63, 3.8) is 0 Å². The van der Waals surface area contributed by atoms with Crippen LogP contribution in [0.4, 0.5) is 19.6 Å². The molecule has 1 atom stereocenters. The molecule has 1 aromatic heterocycles. The molecule has 5 nitrogen and oxygen atoms in total. The minimum Gasteiger partial charge on any atom is -0.430 e. The summed E-state index contributed by atoms with van der Waals surface area (Å²) >= 11 is 1.37. The van der Waals surface area contributed by atoms with Crippen LogP contribution in [0.15, 0.2) is 48.5 Å². The first-order valence-electron chi connectivity index (χ1n) is 8.44. The molecule has 2 aromatic carbocycles. The van der Waals surface area contributed by atoms with Gasteiger partial charge in [0, 0.05) is 10.6 Å². The Kier molecular flexibility index (Phi) is 6.21. The summed E-state index contributed by atoms with van der Waals surface area (Å²) in [5, 5.41) is 9.63. The SMILES string of the molecule is Cc1sc(N(Cc2ccc(OC(F)(F)P)cc2)c2ccc(C#N)cc2)nc1C=O. The maximum absolute atomic E-state index is 13.0. The molecule has 0 aliphatic heterocycles. The largest absolute Gasteiger partial charge is 0.430 e. The topological polar surface area (TPSA) is 66.2 Å². The molecule has 0 spiro atoms. The van der Waals surface area contributed by atoms with Crippen molar-refractivity contribution < 1.29 is 18.3 Å². The van der Waals surface area contributed by atoms with Crippen LogP contribution in [-0.4, -0.2) is 17.1 Å². The Bertz CT molecular complexity index is 1040. The maximum Gasteiger partial charge on any atom is 0.408 e. The molecule has 0 fully saturated rings. The average molecular weight is 431 g/mol. The van der Waals surface area contributed by atoms with Gasteiger partial charge in [-0.15, -0.1) is 11.3 Å². The van der Waals surface area contributed by atoms with Crippen molar-refractivity contribution in [2.45, 2.75) is 19.3 Å². The van der Waals surface area contributed by atoms with E-state index in [4.69, 9.17) is 5.26 Å². The van der Waals surface area contributed by atoms with Crippen molar-refractivity contribution in [3.05, 3.63) is 70.2 Å². The number of aromatic nitrogens is 1. The summed E-state index contributed by atoms with van der Waals surface area (Å²) in [7, 11) is 1.33. The summed E-state index contributed by atoms with van der Waals surface area (Å²) in [6.45, 7) is 2.20. The molecule has 9 heteroatoms. The highest BCUT2D eigenvalue weighted by atomic mass is 32.1. The maximum atomic E-state index is 13.0. The summed E-state index contributed by atoms with van der Waals surface area (Å²) in [5.74, 6) is -3.29. The van der Waals surface area contributed by atoms with Crippen LogP contribution in [0.25, 0.3) is 0 Å².